The average Bonchev–Trinajstić information content (AvgIpc) is 3.22. The van der Waals surface area contributed by atoms with Gasteiger partial charge in [0.2, 0.25) is 5.75 Å². The zero-order valence-electron chi connectivity index (χ0n) is 17.2. The van der Waals surface area contributed by atoms with Crippen LogP contribution in [0.15, 0.2) is 66.7 Å². The van der Waals surface area contributed by atoms with Crippen molar-refractivity contribution in [3.63, 3.8) is 0 Å². The molecule has 1 atom stereocenters. The van der Waals surface area contributed by atoms with Crippen LogP contribution in [-0.4, -0.2) is 26.3 Å². The molecule has 0 saturated heterocycles. The van der Waals surface area contributed by atoms with E-state index in [1.165, 1.54) is 10.9 Å². The first-order chi connectivity index (χ1) is 14.1. The second-order valence-electron chi connectivity index (χ2n) is 7.08. The lowest BCUT2D eigenvalue weighted by atomic mass is 9.91. The number of ether oxygens (including phenoxy) is 3. The molecule has 0 spiro atoms. The Balaban J connectivity index is 1.73. The summed E-state index contributed by atoms with van der Waals surface area (Å²) in [5, 5.41) is 1.21. The number of benzene rings is 3. The van der Waals surface area contributed by atoms with E-state index in [9.17, 15) is 0 Å². The standard InChI is InChI=1S/C25H25NO3/c1-16(20-14-23(27-2)25(29-4)24(15-20)28-3)17-9-7-10-18(12-17)22-13-19-8-5-6-11-21(19)26-22/h5-16,26H,1-4H3. The lowest BCUT2D eigenvalue weighted by Crippen LogP contribution is -2.01. The minimum absolute atomic E-state index is 0.160. The Kier molecular flexibility index (Phi) is 5.17. The fraction of sp³-hybridized carbons (Fsp3) is 0.200. The van der Waals surface area contributed by atoms with Crippen molar-refractivity contribution in [3.8, 4) is 28.5 Å². The van der Waals surface area contributed by atoms with Crippen molar-refractivity contribution in [3.05, 3.63) is 77.9 Å². The van der Waals surface area contributed by atoms with E-state index >= 15 is 0 Å². The summed E-state index contributed by atoms with van der Waals surface area (Å²) in [5.41, 5.74) is 5.75. The van der Waals surface area contributed by atoms with E-state index in [1.807, 2.05) is 18.2 Å². The zero-order valence-corrected chi connectivity index (χ0v) is 17.2. The summed E-state index contributed by atoms with van der Waals surface area (Å²) in [4.78, 5) is 3.51. The molecular formula is C25H25NO3. The van der Waals surface area contributed by atoms with Crippen molar-refractivity contribution in [2.24, 2.45) is 0 Å². The molecule has 4 rings (SSSR count). The van der Waals surface area contributed by atoms with E-state index < -0.39 is 0 Å². The van der Waals surface area contributed by atoms with Crippen LogP contribution in [0.3, 0.4) is 0 Å². The Labute approximate surface area is 171 Å². The fourth-order valence-electron chi connectivity index (χ4n) is 3.75. The summed E-state index contributed by atoms with van der Waals surface area (Å²) in [6.45, 7) is 2.19. The Morgan fingerprint density at radius 3 is 2.10 bits per heavy atom. The van der Waals surface area contributed by atoms with Crippen molar-refractivity contribution in [2.45, 2.75) is 12.8 Å². The fourth-order valence-corrected chi connectivity index (χ4v) is 3.75. The van der Waals surface area contributed by atoms with E-state index in [0.29, 0.717) is 17.2 Å². The van der Waals surface area contributed by atoms with E-state index in [0.717, 1.165) is 22.3 Å². The van der Waals surface area contributed by atoms with Gasteiger partial charge in [-0.15, -0.1) is 0 Å². The maximum absolute atomic E-state index is 5.52. The summed E-state index contributed by atoms with van der Waals surface area (Å²) in [7, 11) is 4.90. The molecule has 3 aromatic carbocycles. The predicted octanol–water partition coefficient (Wildman–Crippen LogP) is 6.01. The number of methoxy groups -OCH3 is 3. The highest BCUT2D eigenvalue weighted by atomic mass is 16.5. The van der Waals surface area contributed by atoms with E-state index in [1.54, 1.807) is 21.3 Å². The summed E-state index contributed by atoms with van der Waals surface area (Å²) >= 11 is 0. The molecule has 0 bridgehead atoms. The largest absolute Gasteiger partial charge is 0.493 e. The van der Waals surface area contributed by atoms with Gasteiger partial charge in [-0.2, -0.15) is 0 Å². The topological polar surface area (TPSA) is 43.5 Å². The lowest BCUT2D eigenvalue weighted by molar-refractivity contribution is 0.323. The summed E-state index contributed by atoms with van der Waals surface area (Å²) < 4.78 is 16.5. The van der Waals surface area contributed by atoms with Gasteiger partial charge in [0.05, 0.1) is 21.3 Å². The van der Waals surface area contributed by atoms with Crippen LogP contribution in [0, 0.1) is 0 Å². The Hall–Kier alpha value is -3.40. The molecule has 0 fully saturated rings. The highest BCUT2D eigenvalue weighted by molar-refractivity contribution is 5.85. The Morgan fingerprint density at radius 2 is 1.45 bits per heavy atom. The van der Waals surface area contributed by atoms with Crippen LogP contribution in [0.2, 0.25) is 0 Å². The van der Waals surface area contributed by atoms with Crippen molar-refractivity contribution < 1.29 is 14.2 Å². The Morgan fingerprint density at radius 1 is 0.724 bits per heavy atom. The van der Waals surface area contributed by atoms with Crippen LogP contribution in [-0.2, 0) is 0 Å². The highest BCUT2D eigenvalue weighted by Crippen LogP contribution is 2.41. The third kappa shape index (κ3) is 3.54. The molecule has 0 aliphatic rings. The van der Waals surface area contributed by atoms with Gasteiger partial charge in [0.25, 0.3) is 0 Å². The molecule has 1 aromatic heterocycles. The molecule has 1 unspecified atom stereocenters. The number of rotatable bonds is 6. The first-order valence-corrected chi connectivity index (χ1v) is 9.62. The first-order valence-electron chi connectivity index (χ1n) is 9.62. The van der Waals surface area contributed by atoms with E-state index in [4.69, 9.17) is 14.2 Å². The molecule has 0 aliphatic heterocycles. The molecule has 0 radical (unpaired) electrons. The minimum atomic E-state index is 0.160. The number of aromatic nitrogens is 1. The second kappa shape index (κ2) is 7.92. The van der Waals surface area contributed by atoms with Crippen LogP contribution in [0.25, 0.3) is 22.2 Å². The SMILES string of the molecule is COc1cc(C(C)c2cccc(-c3cc4ccccc4[nH]3)c2)cc(OC)c1OC. The quantitative estimate of drug-likeness (QED) is 0.440. The monoisotopic (exact) mass is 387 g/mol. The van der Waals surface area contributed by atoms with Crippen LogP contribution < -0.4 is 14.2 Å². The molecule has 1 heterocycles. The van der Waals surface area contributed by atoms with Crippen LogP contribution in [0.4, 0.5) is 0 Å². The first kappa shape index (κ1) is 18.9. The Bertz CT molecular complexity index is 1090. The number of hydrogen-bond acceptors (Lipinski definition) is 3. The number of aromatic amines is 1. The third-order valence-corrected chi connectivity index (χ3v) is 5.41. The normalized spacial score (nSPS) is 12.0. The van der Waals surface area contributed by atoms with E-state index in [2.05, 4.69) is 60.4 Å². The number of hydrogen-bond donors (Lipinski definition) is 1. The highest BCUT2D eigenvalue weighted by Gasteiger charge is 2.18. The molecule has 4 nitrogen and oxygen atoms in total. The molecule has 4 heteroatoms. The van der Waals surface area contributed by atoms with Crippen molar-refractivity contribution in [1.82, 2.24) is 4.98 Å². The molecular weight excluding hydrogens is 362 g/mol. The van der Waals surface area contributed by atoms with Crippen molar-refractivity contribution in [2.75, 3.05) is 21.3 Å². The van der Waals surface area contributed by atoms with Gasteiger partial charge in [-0.05, 0) is 47.0 Å². The molecule has 4 aromatic rings. The van der Waals surface area contributed by atoms with Crippen molar-refractivity contribution >= 4 is 10.9 Å². The number of nitrogens with one attached hydrogen (secondary N) is 1. The van der Waals surface area contributed by atoms with Crippen LogP contribution in [0.5, 0.6) is 17.2 Å². The molecule has 0 amide bonds. The number of H-pyrrole nitrogens is 1. The maximum atomic E-state index is 5.52. The number of fused-ring (bicyclic) bond motifs is 1. The summed E-state index contributed by atoms with van der Waals surface area (Å²) in [6.07, 6.45) is 0. The van der Waals surface area contributed by atoms with Gasteiger partial charge < -0.3 is 19.2 Å². The van der Waals surface area contributed by atoms with Crippen molar-refractivity contribution in [1.29, 1.82) is 0 Å². The van der Waals surface area contributed by atoms with Gasteiger partial charge in [0.1, 0.15) is 0 Å². The van der Waals surface area contributed by atoms with Gasteiger partial charge in [0, 0.05) is 22.5 Å². The molecule has 0 aliphatic carbocycles. The molecule has 148 valence electrons. The lowest BCUT2D eigenvalue weighted by Gasteiger charge is -2.18. The molecule has 29 heavy (non-hydrogen) atoms. The van der Waals surface area contributed by atoms with Gasteiger partial charge >= 0.3 is 0 Å². The van der Waals surface area contributed by atoms with Gasteiger partial charge in [0.15, 0.2) is 11.5 Å². The van der Waals surface area contributed by atoms with Gasteiger partial charge in [-0.1, -0.05) is 43.3 Å². The van der Waals surface area contributed by atoms with E-state index in [-0.39, 0.29) is 5.92 Å². The third-order valence-electron chi connectivity index (χ3n) is 5.41. The molecule has 1 N–H and O–H groups in total. The van der Waals surface area contributed by atoms with Gasteiger partial charge in [-0.25, -0.2) is 0 Å². The minimum Gasteiger partial charge on any atom is -0.493 e. The summed E-state index contributed by atoms with van der Waals surface area (Å²) in [5.74, 6) is 2.10. The van der Waals surface area contributed by atoms with Gasteiger partial charge in [-0.3, -0.25) is 0 Å². The zero-order chi connectivity index (χ0) is 20.4. The molecule has 0 saturated carbocycles. The second-order valence-corrected chi connectivity index (χ2v) is 7.08. The maximum Gasteiger partial charge on any atom is 0.203 e. The smallest absolute Gasteiger partial charge is 0.203 e. The summed E-state index contributed by atoms with van der Waals surface area (Å²) in [6, 6.07) is 23.2. The predicted molar refractivity (Wildman–Crippen MR) is 117 cm³/mol. The van der Waals surface area contributed by atoms with Crippen LogP contribution >= 0.6 is 0 Å². The van der Waals surface area contributed by atoms with Crippen LogP contribution in [0.1, 0.15) is 24.0 Å². The average molecular weight is 387 g/mol. The number of para-hydroxylation sites is 1.